The van der Waals surface area contributed by atoms with Crippen LogP contribution in [-0.2, 0) is 4.79 Å². The number of halogens is 3. The molecule has 174 valence electrons. The Bertz CT molecular complexity index is 1150. The molecule has 2 N–H and O–H groups in total. The van der Waals surface area contributed by atoms with Crippen molar-refractivity contribution >= 4 is 16.8 Å². The molecule has 5 rings (SSSR count). The van der Waals surface area contributed by atoms with E-state index in [1.807, 2.05) is 0 Å². The molecular weight excluding hydrogens is 427 g/mol. The molecule has 0 bridgehead atoms. The summed E-state index contributed by atoms with van der Waals surface area (Å²) in [5.74, 6) is -1.54. The van der Waals surface area contributed by atoms with Crippen molar-refractivity contribution in [3.63, 3.8) is 0 Å². The van der Waals surface area contributed by atoms with Gasteiger partial charge in [0.05, 0.1) is 11.2 Å². The third kappa shape index (κ3) is 4.64. The molecule has 2 aromatic carbocycles. The topological polar surface area (TPSA) is 48.1 Å². The first-order valence-electron chi connectivity index (χ1n) is 11.8. The summed E-state index contributed by atoms with van der Waals surface area (Å²) in [7, 11) is 0. The molecule has 2 fully saturated rings. The van der Waals surface area contributed by atoms with Crippen LogP contribution < -0.4 is 5.32 Å². The molecule has 4 nitrogen and oxygen atoms in total. The van der Waals surface area contributed by atoms with Crippen LogP contribution in [-0.4, -0.2) is 41.5 Å². The van der Waals surface area contributed by atoms with Gasteiger partial charge in [-0.25, -0.2) is 13.2 Å². The monoisotopic (exact) mass is 455 g/mol. The number of nitrogens with zero attached hydrogens (tertiary/aromatic N) is 1. The summed E-state index contributed by atoms with van der Waals surface area (Å²) < 4.78 is 42.0. The SMILES string of the molecule is O=C(CCN1CCCCC1)N[C@H]1C[C@H](c2c(-c3ccc(F)cc3)[nH]c3c(F)cc(F)cc32)C1. The number of aromatic nitrogens is 1. The van der Waals surface area contributed by atoms with E-state index in [4.69, 9.17) is 0 Å². The highest BCUT2D eigenvalue weighted by molar-refractivity contribution is 5.92. The number of hydrogen-bond acceptors (Lipinski definition) is 2. The maximum Gasteiger partial charge on any atom is 0.221 e. The minimum Gasteiger partial charge on any atom is -0.353 e. The molecule has 0 spiro atoms. The smallest absolute Gasteiger partial charge is 0.221 e. The number of fused-ring (bicyclic) bond motifs is 1. The van der Waals surface area contributed by atoms with Crippen LogP contribution in [0.1, 0.15) is 50.0 Å². The Hall–Kier alpha value is -2.80. The van der Waals surface area contributed by atoms with E-state index in [9.17, 15) is 18.0 Å². The third-order valence-corrected chi connectivity index (χ3v) is 7.01. The second kappa shape index (κ2) is 9.21. The predicted molar refractivity (Wildman–Crippen MR) is 122 cm³/mol. The highest BCUT2D eigenvalue weighted by Gasteiger charge is 2.35. The minimum atomic E-state index is -0.651. The van der Waals surface area contributed by atoms with Gasteiger partial charge in [-0.2, -0.15) is 0 Å². The molecule has 33 heavy (non-hydrogen) atoms. The van der Waals surface area contributed by atoms with Crippen molar-refractivity contribution in [3.8, 4) is 11.3 Å². The summed E-state index contributed by atoms with van der Waals surface area (Å²) >= 11 is 0. The Balaban J connectivity index is 1.31. The zero-order valence-electron chi connectivity index (χ0n) is 18.5. The van der Waals surface area contributed by atoms with Gasteiger partial charge < -0.3 is 15.2 Å². The molecule has 1 saturated heterocycles. The van der Waals surface area contributed by atoms with Gasteiger partial charge in [0.1, 0.15) is 17.5 Å². The Morgan fingerprint density at radius 2 is 1.73 bits per heavy atom. The van der Waals surface area contributed by atoms with E-state index < -0.39 is 11.6 Å². The van der Waals surface area contributed by atoms with Gasteiger partial charge in [-0.1, -0.05) is 6.42 Å². The molecule has 0 radical (unpaired) electrons. The van der Waals surface area contributed by atoms with Crippen LogP contribution in [0.4, 0.5) is 13.2 Å². The van der Waals surface area contributed by atoms with Crippen molar-refractivity contribution < 1.29 is 18.0 Å². The van der Waals surface area contributed by atoms with Gasteiger partial charge in [-0.15, -0.1) is 0 Å². The Morgan fingerprint density at radius 3 is 2.45 bits per heavy atom. The van der Waals surface area contributed by atoms with Crippen molar-refractivity contribution in [3.05, 3.63) is 59.4 Å². The Morgan fingerprint density at radius 1 is 1.00 bits per heavy atom. The van der Waals surface area contributed by atoms with Crippen molar-refractivity contribution in [2.45, 2.75) is 50.5 Å². The van der Waals surface area contributed by atoms with Gasteiger partial charge >= 0.3 is 0 Å². The number of carbonyl (C=O) groups excluding carboxylic acids is 1. The van der Waals surface area contributed by atoms with Gasteiger partial charge in [0.15, 0.2) is 0 Å². The van der Waals surface area contributed by atoms with Gasteiger partial charge in [-0.3, -0.25) is 4.79 Å². The van der Waals surface area contributed by atoms with E-state index in [1.165, 1.54) is 37.5 Å². The fraction of sp³-hybridized carbons (Fsp3) is 0.423. The lowest BCUT2D eigenvalue weighted by Crippen LogP contribution is -2.44. The van der Waals surface area contributed by atoms with E-state index in [0.29, 0.717) is 30.3 Å². The van der Waals surface area contributed by atoms with Gasteiger partial charge in [0.2, 0.25) is 5.91 Å². The lowest BCUT2D eigenvalue weighted by atomic mass is 9.74. The van der Waals surface area contributed by atoms with Crippen LogP contribution in [0.2, 0.25) is 0 Å². The average molecular weight is 456 g/mol. The molecule has 1 aliphatic carbocycles. The van der Waals surface area contributed by atoms with E-state index in [-0.39, 0.29) is 29.2 Å². The largest absolute Gasteiger partial charge is 0.353 e. The highest BCUT2D eigenvalue weighted by atomic mass is 19.1. The summed E-state index contributed by atoms with van der Waals surface area (Å²) in [6, 6.07) is 8.24. The van der Waals surface area contributed by atoms with Gasteiger partial charge in [0, 0.05) is 30.5 Å². The molecule has 7 heteroatoms. The number of nitrogens with one attached hydrogen (secondary N) is 2. The Labute approximate surface area is 191 Å². The first kappa shape index (κ1) is 22.0. The first-order chi connectivity index (χ1) is 16.0. The second-order valence-corrected chi connectivity index (χ2v) is 9.32. The standard InChI is InChI=1S/C26H28F3N3O/c27-18-6-4-16(5-7-18)25-24(21-14-19(28)15-22(29)26(21)31-25)17-12-20(13-17)30-23(33)8-11-32-9-2-1-3-10-32/h4-7,14-15,17,20,31H,1-3,8-13H2,(H,30,33)/t17-,20-. The van der Waals surface area contributed by atoms with E-state index in [0.717, 1.165) is 36.8 Å². The summed E-state index contributed by atoms with van der Waals surface area (Å²) in [4.78, 5) is 17.9. The lowest BCUT2D eigenvalue weighted by molar-refractivity contribution is -0.122. The van der Waals surface area contributed by atoms with Crippen molar-refractivity contribution in [2.24, 2.45) is 0 Å². The zero-order chi connectivity index (χ0) is 22.9. The molecule has 3 aromatic rings. The lowest BCUT2D eigenvalue weighted by Gasteiger charge is -2.37. The van der Waals surface area contributed by atoms with Crippen LogP contribution in [0.5, 0.6) is 0 Å². The summed E-state index contributed by atoms with van der Waals surface area (Å²) in [5.41, 5.74) is 2.47. The van der Waals surface area contributed by atoms with Crippen molar-refractivity contribution in [1.82, 2.24) is 15.2 Å². The molecule has 2 heterocycles. The van der Waals surface area contributed by atoms with Crippen LogP contribution in [0.3, 0.4) is 0 Å². The van der Waals surface area contributed by atoms with Crippen molar-refractivity contribution in [2.75, 3.05) is 19.6 Å². The highest BCUT2D eigenvalue weighted by Crippen LogP contribution is 2.45. The fourth-order valence-electron chi connectivity index (χ4n) is 5.22. The molecule has 1 aliphatic heterocycles. The van der Waals surface area contributed by atoms with Gasteiger partial charge in [0.25, 0.3) is 0 Å². The first-order valence-corrected chi connectivity index (χ1v) is 11.8. The maximum absolute atomic E-state index is 14.5. The van der Waals surface area contributed by atoms with E-state index in [1.54, 1.807) is 12.1 Å². The molecule has 2 aliphatic rings. The number of piperidine rings is 1. The fourth-order valence-corrected chi connectivity index (χ4v) is 5.22. The summed E-state index contributed by atoms with van der Waals surface area (Å²) in [5, 5.41) is 3.62. The normalized spacial score (nSPS) is 21.2. The number of likely N-dealkylation sites (tertiary alicyclic amines) is 1. The molecule has 0 atom stereocenters. The minimum absolute atomic E-state index is 0.0485. The molecule has 0 unspecified atom stereocenters. The number of carbonyl (C=O) groups is 1. The maximum atomic E-state index is 14.5. The van der Waals surface area contributed by atoms with Crippen LogP contribution in [0.15, 0.2) is 36.4 Å². The predicted octanol–water partition coefficient (Wildman–Crippen LogP) is 5.49. The van der Waals surface area contributed by atoms with E-state index >= 15 is 0 Å². The number of hydrogen-bond donors (Lipinski definition) is 2. The Kier molecular flexibility index (Phi) is 6.15. The molecule has 1 amide bonds. The summed E-state index contributed by atoms with van der Waals surface area (Å²) in [6.45, 7) is 2.93. The molecule has 1 aromatic heterocycles. The number of benzene rings is 2. The zero-order valence-corrected chi connectivity index (χ0v) is 18.5. The van der Waals surface area contributed by atoms with Crippen LogP contribution in [0.25, 0.3) is 22.2 Å². The number of aromatic amines is 1. The summed E-state index contributed by atoms with van der Waals surface area (Å²) in [6.07, 6.45) is 5.57. The van der Waals surface area contributed by atoms with Gasteiger partial charge in [-0.05, 0) is 86.1 Å². The number of amides is 1. The second-order valence-electron chi connectivity index (χ2n) is 9.32. The van der Waals surface area contributed by atoms with E-state index in [2.05, 4.69) is 15.2 Å². The number of H-pyrrole nitrogens is 1. The number of rotatable bonds is 6. The third-order valence-electron chi connectivity index (χ3n) is 7.01. The molecule has 1 saturated carbocycles. The quantitative estimate of drug-likeness (QED) is 0.516. The average Bonchev–Trinajstić information content (AvgIpc) is 3.15. The molecular formula is C26H28F3N3O. The van der Waals surface area contributed by atoms with Crippen LogP contribution in [0, 0.1) is 17.5 Å². The van der Waals surface area contributed by atoms with Crippen LogP contribution >= 0.6 is 0 Å². The van der Waals surface area contributed by atoms with Crippen molar-refractivity contribution in [1.29, 1.82) is 0 Å².